The maximum absolute atomic E-state index is 12.3. The van der Waals surface area contributed by atoms with Gasteiger partial charge in [0.25, 0.3) is 0 Å². The van der Waals surface area contributed by atoms with Crippen molar-refractivity contribution in [3.8, 4) is 0 Å². The highest BCUT2D eigenvalue weighted by Crippen LogP contribution is 2.25. The summed E-state index contributed by atoms with van der Waals surface area (Å²) in [5.74, 6) is 0.397. The lowest BCUT2D eigenvalue weighted by Crippen LogP contribution is -2.41. The molecule has 0 spiro atoms. The molecule has 2 aromatic carbocycles. The van der Waals surface area contributed by atoms with Gasteiger partial charge in [0.15, 0.2) is 0 Å². The van der Waals surface area contributed by atoms with E-state index in [1.54, 1.807) is 23.9 Å². The first-order chi connectivity index (χ1) is 13.5. The van der Waals surface area contributed by atoms with Gasteiger partial charge in [-0.3, -0.25) is 9.10 Å². The SMILES string of the molecule is Cc1ccc(SCCNC(=O)CN(c2ccc(C(C)(C)C)cc2)S(C)(=O)=O)cc1. The highest BCUT2D eigenvalue weighted by molar-refractivity contribution is 7.99. The van der Waals surface area contributed by atoms with Crippen LogP contribution in [0.1, 0.15) is 31.9 Å². The molecule has 2 aromatic rings. The molecule has 0 bridgehead atoms. The maximum atomic E-state index is 12.3. The highest BCUT2D eigenvalue weighted by atomic mass is 32.2. The molecular weight excluding hydrogens is 404 g/mol. The van der Waals surface area contributed by atoms with E-state index >= 15 is 0 Å². The Labute approximate surface area is 178 Å². The number of anilines is 1. The average molecular weight is 435 g/mol. The molecule has 29 heavy (non-hydrogen) atoms. The standard InChI is InChI=1S/C22H30N2O3S2/c1-17-6-12-20(13-7-17)28-15-14-23-21(25)16-24(29(5,26)27)19-10-8-18(9-11-19)22(2,3)4/h6-13H,14-16H2,1-5H3,(H,23,25). The van der Waals surface area contributed by atoms with Crippen LogP contribution in [-0.4, -0.2) is 39.4 Å². The lowest BCUT2D eigenvalue weighted by atomic mass is 9.87. The number of nitrogens with one attached hydrogen (secondary N) is 1. The minimum absolute atomic E-state index is 0.0268. The molecule has 7 heteroatoms. The maximum Gasteiger partial charge on any atom is 0.240 e. The number of sulfonamides is 1. The zero-order valence-corrected chi connectivity index (χ0v) is 19.4. The van der Waals surface area contributed by atoms with E-state index in [4.69, 9.17) is 0 Å². The van der Waals surface area contributed by atoms with E-state index in [-0.39, 0.29) is 17.9 Å². The van der Waals surface area contributed by atoms with Crippen LogP contribution in [0.15, 0.2) is 53.4 Å². The Bertz CT molecular complexity index is 916. The molecule has 0 aliphatic rings. The molecule has 0 radical (unpaired) electrons. The van der Waals surface area contributed by atoms with Gasteiger partial charge >= 0.3 is 0 Å². The summed E-state index contributed by atoms with van der Waals surface area (Å²) < 4.78 is 25.6. The first kappa shape index (κ1) is 23.3. The van der Waals surface area contributed by atoms with Gasteiger partial charge < -0.3 is 5.32 Å². The topological polar surface area (TPSA) is 66.5 Å². The minimum Gasteiger partial charge on any atom is -0.354 e. The van der Waals surface area contributed by atoms with Crippen LogP contribution in [0, 0.1) is 6.92 Å². The molecule has 0 unspecified atom stereocenters. The molecule has 158 valence electrons. The van der Waals surface area contributed by atoms with Crippen LogP contribution < -0.4 is 9.62 Å². The van der Waals surface area contributed by atoms with Crippen molar-refractivity contribution in [2.24, 2.45) is 0 Å². The summed E-state index contributed by atoms with van der Waals surface area (Å²) in [7, 11) is -3.57. The van der Waals surface area contributed by atoms with E-state index < -0.39 is 10.0 Å². The fourth-order valence-electron chi connectivity index (χ4n) is 2.71. The summed E-state index contributed by atoms with van der Waals surface area (Å²) in [6, 6.07) is 15.5. The third kappa shape index (κ3) is 7.40. The van der Waals surface area contributed by atoms with Crippen molar-refractivity contribution >= 4 is 33.4 Å². The van der Waals surface area contributed by atoms with Crippen molar-refractivity contribution in [1.82, 2.24) is 5.32 Å². The van der Waals surface area contributed by atoms with Crippen molar-refractivity contribution < 1.29 is 13.2 Å². The fraction of sp³-hybridized carbons (Fsp3) is 0.409. The largest absolute Gasteiger partial charge is 0.354 e. The Morgan fingerprint density at radius 3 is 2.14 bits per heavy atom. The lowest BCUT2D eigenvalue weighted by Gasteiger charge is -2.24. The quantitative estimate of drug-likeness (QED) is 0.504. The normalized spacial score (nSPS) is 11.9. The predicted octanol–water partition coefficient (Wildman–Crippen LogP) is 3.97. The number of amides is 1. The van der Waals surface area contributed by atoms with Crippen LogP contribution in [-0.2, 0) is 20.2 Å². The number of hydrogen-bond acceptors (Lipinski definition) is 4. The van der Waals surface area contributed by atoms with E-state index in [0.29, 0.717) is 18.0 Å². The number of carbonyl (C=O) groups excluding carboxylic acids is 1. The van der Waals surface area contributed by atoms with Gasteiger partial charge in [-0.1, -0.05) is 50.6 Å². The number of carbonyl (C=O) groups is 1. The second-order valence-electron chi connectivity index (χ2n) is 8.08. The first-order valence-electron chi connectivity index (χ1n) is 9.51. The van der Waals surface area contributed by atoms with Crippen LogP contribution in [0.25, 0.3) is 0 Å². The molecule has 0 saturated carbocycles. The summed E-state index contributed by atoms with van der Waals surface area (Å²) >= 11 is 1.65. The van der Waals surface area contributed by atoms with Gasteiger partial charge in [0.1, 0.15) is 6.54 Å². The Kier molecular flexibility index (Phi) is 7.77. The molecule has 2 rings (SSSR count). The molecule has 0 aliphatic carbocycles. The van der Waals surface area contributed by atoms with Crippen LogP contribution in [0.2, 0.25) is 0 Å². The molecule has 1 amide bonds. The predicted molar refractivity (Wildman–Crippen MR) is 122 cm³/mol. The number of benzene rings is 2. The zero-order valence-electron chi connectivity index (χ0n) is 17.7. The fourth-order valence-corrected chi connectivity index (χ4v) is 4.33. The van der Waals surface area contributed by atoms with Gasteiger partial charge in [0.05, 0.1) is 11.9 Å². The van der Waals surface area contributed by atoms with Gasteiger partial charge in [0.2, 0.25) is 15.9 Å². The van der Waals surface area contributed by atoms with E-state index in [1.165, 1.54) is 5.56 Å². The lowest BCUT2D eigenvalue weighted by molar-refractivity contribution is -0.119. The van der Waals surface area contributed by atoms with Crippen LogP contribution in [0.3, 0.4) is 0 Å². The van der Waals surface area contributed by atoms with Crippen LogP contribution >= 0.6 is 11.8 Å². The molecule has 0 aromatic heterocycles. The number of hydrogen-bond donors (Lipinski definition) is 1. The van der Waals surface area contributed by atoms with E-state index in [1.807, 2.05) is 19.1 Å². The molecule has 0 fully saturated rings. The number of thioether (sulfide) groups is 1. The van der Waals surface area contributed by atoms with Crippen LogP contribution in [0.5, 0.6) is 0 Å². The third-order valence-corrected chi connectivity index (χ3v) is 6.58. The van der Waals surface area contributed by atoms with Crippen molar-refractivity contribution in [2.45, 2.75) is 38.0 Å². The summed E-state index contributed by atoms with van der Waals surface area (Å²) in [6.45, 7) is 8.56. The highest BCUT2D eigenvalue weighted by Gasteiger charge is 2.21. The molecule has 0 aliphatic heterocycles. The summed E-state index contributed by atoms with van der Waals surface area (Å²) in [5, 5.41) is 2.81. The van der Waals surface area contributed by atoms with Crippen LogP contribution in [0.4, 0.5) is 5.69 Å². The van der Waals surface area contributed by atoms with E-state index in [0.717, 1.165) is 21.0 Å². The number of rotatable bonds is 8. The van der Waals surface area contributed by atoms with Crippen molar-refractivity contribution in [2.75, 3.05) is 29.4 Å². The molecule has 5 nitrogen and oxygen atoms in total. The monoisotopic (exact) mass is 434 g/mol. The number of aryl methyl sites for hydroxylation is 1. The minimum atomic E-state index is -3.57. The molecule has 0 heterocycles. The van der Waals surface area contributed by atoms with Gasteiger partial charge in [-0.25, -0.2) is 8.42 Å². The molecule has 0 saturated heterocycles. The third-order valence-electron chi connectivity index (χ3n) is 4.42. The summed E-state index contributed by atoms with van der Waals surface area (Å²) in [4.78, 5) is 13.5. The Balaban J connectivity index is 1.94. The van der Waals surface area contributed by atoms with Crippen molar-refractivity contribution in [3.05, 3.63) is 59.7 Å². The molecule has 1 N–H and O–H groups in total. The first-order valence-corrected chi connectivity index (χ1v) is 12.3. The van der Waals surface area contributed by atoms with Gasteiger partial charge in [0, 0.05) is 17.2 Å². The van der Waals surface area contributed by atoms with Crippen molar-refractivity contribution in [1.29, 1.82) is 0 Å². The number of nitrogens with zero attached hydrogens (tertiary/aromatic N) is 1. The van der Waals surface area contributed by atoms with Gasteiger partial charge in [-0.05, 0) is 42.2 Å². The van der Waals surface area contributed by atoms with Crippen molar-refractivity contribution in [3.63, 3.8) is 0 Å². The Hall–Kier alpha value is -1.99. The second kappa shape index (κ2) is 9.67. The second-order valence-corrected chi connectivity index (χ2v) is 11.2. The molecular formula is C22H30N2O3S2. The van der Waals surface area contributed by atoms with E-state index in [9.17, 15) is 13.2 Å². The molecule has 0 atom stereocenters. The zero-order chi connectivity index (χ0) is 21.7. The Morgan fingerprint density at radius 1 is 1.03 bits per heavy atom. The van der Waals surface area contributed by atoms with E-state index in [2.05, 4.69) is 50.4 Å². The van der Waals surface area contributed by atoms with Gasteiger partial charge in [-0.2, -0.15) is 0 Å². The van der Waals surface area contributed by atoms with Gasteiger partial charge in [-0.15, -0.1) is 11.8 Å². The smallest absolute Gasteiger partial charge is 0.240 e. The average Bonchev–Trinajstić information content (AvgIpc) is 2.63. The summed E-state index contributed by atoms with van der Waals surface area (Å²) in [5.41, 5.74) is 2.78. The summed E-state index contributed by atoms with van der Waals surface area (Å²) in [6.07, 6.45) is 1.12. The Morgan fingerprint density at radius 2 is 1.62 bits per heavy atom.